The number of carbonyl (C=O) groups is 1. The Bertz CT molecular complexity index is 434. The van der Waals surface area contributed by atoms with E-state index in [1.807, 2.05) is 13.2 Å². The molecule has 0 bridgehead atoms. The maximum absolute atomic E-state index is 11.3. The second-order valence-electron chi connectivity index (χ2n) is 4.42. The van der Waals surface area contributed by atoms with Gasteiger partial charge < -0.3 is 4.74 Å². The van der Waals surface area contributed by atoms with Crippen LogP contribution in [0, 0.1) is 3.70 Å². The zero-order valence-corrected chi connectivity index (χ0v) is 12.3. The van der Waals surface area contributed by atoms with Gasteiger partial charge in [-0.25, -0.2) is 10.2 Å². The quantitative estimate of drug-likeness (QED) is 0.503. The molecule has 1 N–H and O–H groups in total. The van der Waals surface area contributed by atoms with Crippen molar-refractivity contribution in [2.24, 2.45) is 12.1 Å². The number of hydrogen-bond donors (Lipinski definition) is 1. The molecule has 0 aromatic carbocycles. The Hall–Kier alpha value is -1.12. The Balaban J connectivity index is 2.51. The molecule has 0 aliphatic heterocycles. The molecule has 0 fully saturated rings. The summed E-state index contributed by atoms with van der Waals surface area (Å²) in [6, 6.07) is 0. The Morgan fingerprint density at radius 3 is 2.76 bits per heavy atom. The van der Waals surface area contributed by atoms with Crippen molar-refractivity contribution >= 4 is 34.9 Å². The first-order valence-corrected chi connectivity index (χ1v) is 6.07. The average molecular weight is 350 g/mol. The van der Waals surface area contributed by atoms with Crippen LogP contribution in [0.4, 0.5) is 4.79 Å². The number of hydrazone groups is 1. The fourth-order valence-electron chi connectivity index (χ4n) is 1.02. The molecule has 1 heterocycles. The van der Waals surface area contributed by atoms with Crippen molar-refractivity contribution in [2.45, 2.75) is 26.4 Å². The second-order valence-corrected chi connectivity index (χ2v) is 5.44. The number of aromatic nitrogens is 2. The number of rotatable bonds is 2. The van der Waals surface area contributed by atoms with E-state index in [-0.39, 0.29) is 0 Å². The van der Waals surface area contributed by atoms with Crippen LogP contribution in [0.2, 0.25) is 0 Å². The number of hydrogen-bond acceptors (Lipinski definition) is 4. The Kier molecular flexibility index (Phi) is 4.49. The highest BCUT2D eigenvalue weighted by Gasteiger charge is 2.15. The van der Waals surface area contributed by atoms with Gasteiger partial charge in [0.2, 0.25) is 0 Å². The van der Waals surface area contributed by atoms with Gasteiger partial charge in [0.15, 0.2) is 0 Å². The van der Waals surface area contributed by atoms with Crippen LogP contribution in [0.25, 0.3) is 0 Å². The zero-order chi connectivity index (χ0) is 13.1. The van der Waals surface area contributed by atoms with E-state index in [2.05, 4.69) is 38.2 Å². The van der Waals surface area contributed by atoms with Crippen molar-refractivity contribution in [3.05, 3.63) is 15.5 Å². The average Bonchev–Trinajstić information content (AvgIpc) is 2.42. The van der Waals surface area contributed by atoms with Gasteiger partial charge >= 0.3 is 6.09 Å². The first kappa shape index (κ1) is 13.9. The standard InChI is InChI=1S/C10H15IN4O2/c1-10(2,3)17-9(16)13-12-5-7-6-15(4)14-8(7)11/h5-6H,1-4H3,(H,13,16)/b12-5+. The largest absolute Gasteiger partial charge is 0.443 e. The van der Waals surface area contributed by atoms with Gasteiger partial charge in [0.25, 0.3) is 0 Å². The number of nitrogens with zero attached hydrogens (tertiary/aromatic N) is 3. The summed E-state index contributed by atoms with van der Waals surface area (Å²) >= 11 is 2.09. The topological polar surface area (TPSA) is 68.5 Å². The first-order chi connectivity index (χ1) is 7.78. The van der Waals surface area contributed by atoms with Crippen molar-refractivity contribution in [1.29, 1.82) is 0 Å². The Labute approximate surface area is 114 Å². The molecule has 1 amide bonds. The van der Waals surface area contributed by atoms with Gasteiger partial charge in [-0.15, -0.1) is 0 Å². The van der Waals surface area contributed by atoms with Crippen LogP contribution in [0.3, 0.4) is 0 Å². The third kappa shape index (κ3) is 5.16. The van der Waals surface area contributed by atoms with Crippen molar-refractivity contribution in [3.63, 3.8) is 0 Å². The predicted molar refractivity (Wildman–Crippen MR) is 72.9 cm³/mol. The number of nitrogens with one attached hydrogen (secondary N) is 1. The van der Waals surface area contributed by atoms with Gasteiger partial charge in [-0.2, -0.15) is 10.2 Å². The Morgan fingerprint density at radius 2 is 2.29 bits per heavy atom. The molecule has 0 atom stereocenters. The van der Waals surface area contributed by atoms with E-state index < -0.39 is 11.7 Å². The van der Waals surface area contributed by atoms with Gasteiger partial charge in [-0.1, -0.05) is 0 Å². The van der Waals surface area contributed by atoms with Crippen molar-refractivity contribution < 1.29 is 9.53 Å². The number of halogens is 1. The van der Waals surface area contributed by atoms with Crippen LogP contribution in [0.15, 0.2) is 11.3 Å². The molecule has 0 saturated carbocycles. The minimum atomic E-state index is -0.576. The lowest BCUT2D eigenvalue weighted by molar-refractivity contribution is 0.0529. The van der Waals surface area contributed by atoms with Gasteiger partial charge in [0, 0.05) is 18.8 Å². The third-order valence-corrected chi connectivity index (χ3v) is 2.41. The smallest absolute Gasteiger partial charge is 0.428 e. The van der Waals surface area contributed by atoms with Crippen molar-refractivity contribution in [2.75, 3.05) is 0 Å². The number of aryl methyl sites for hydroxylation is 1. The molecule has 0 aliphatic carbocycles. The van der Waals surface area contributed by atoms with Crippen LogP contribution < -0.4 is 5.43 Å². The molecule has 17 heavy (non-hydrogen) atoms. The molecule has 1 aromatic heterocycles. The Morgan fingerprint density at radius 1 is 1.65 bits per heavy atom. The molecule has 6 nitrogen and oxygen atoms in total. The molecule has 0 unspecified atom stereocenters. The fraction of sp³-hybridized carbons (Fsp3) is 0.500. The van der Waals surface area contributed by atoms with Gasteiger partial charge in [-0.3, -0.25) is 4.68 Å². The first-order valence-electron chi connectivity index (χ1n) is 4.99. The summed E-state index contributed by atoms with van der Waals surface area (Å²) in [5.74, 6) is 0. The maximum atomic E-state index is 11.3. The normalized spacial score (nSPS) is 11.8. The molecule has 0 radical (unpaired) electrons. The van der Waals surface area contributed by atoms with Gasteiger partial charge in [-0.05, 0) is 43.4 Å². The van der Waals surface area contributed by atoms with Crippen LogP contribution in [-0.4, -0.2) is 27.7 Å². The van der Waals surface area contributed by atoms with Crippen LogP contribution in [0.1, 0.15) is 26.3 Å². The highest BCUT2D eigenvalue weighted by atomic mass is 127. The van der Waals surface area contributed by atoms with E-state index in [1.165, 1.54) is 6.21 Å². The number of ether oxygens (including phenoxy) is 1. The summed E-state index contributed by atoms with van der Waals surface area (Å²) in [7, 11) is 1.82. The lowest BCUT2D eigenvalue weighted by Gasteiger charge is -2.18. The molecule has 1 aromatic rings. The SMILES string of the molecule is Cn1cc(/C=N/NC(=O)OC(C)(C)C)c(I)n1. The molecular formula is C10H15IN4O2. The summed E-state index contributed by atoms with van der Waals surface area (Å²) in [5.41, 5.74) is 2.60. The summed E-state index contributed by atoms with van der Waals surface area (Å²) < 4.78 is 7.52. The van der Waals surface area contributed by atoms with Crippen LogP contribution >= 0.6 is 22.6 Å². The highest BCUT2D eigenvalue weighted by molar-refractivity contribution is 14.1. The predicted octanol–water partition coefficient (Wildman–Crippen LogP) is 1.88. The summed E-state index contributed by atoms with van der Waals surface area (Å²) in [4.78, 5) is 11.3. The van der Waals surface area contributed by atoms with Gasteiger partial charge in [0.1, 0.15) is 9.30 Å². The van der Waals surface area contributed by atoms with E-state index >= 15 is 0 Å². The minimum Gasteiger partial charge on any atom is -0.443 e. The summed E-state index contributed by atoms with van der Waals surface area (Å²) in [6.45, 7) is 5.38. The fourth-order valence-corrected chi connectivity index (χ4v) is 1.64. The minimum absolute atomic E-state index is 0.525. The van der Waals surface area contributed by atoms with Crippen LogP contribution in [-0.2, 0) is 11.8 Å². The molecule has 0 saturated heterocycles. The number of carbonyl (C=O) groups excluding carboxylic acids is 1. The lowest BCUT2D eigenvalue weighted by Crippen LogP contribution is -2.29. The second kappa shape index (κ2) is 5.48. The van der Waals surface area contributed by atoms with E-state index in [1.54, 1.807) is 25.5 Å². The van der Waals surface area contributed by atoms with Crippen molar-refractivity contribution in [3.8, 4) is 0 Å². The van der Waals surface area contributed by atoms with E-state index in [9.17, 15) is 4.79 Å². The molecular weight excluding hydrogens is 335 g/mol. The van der Waals surface area contributed by atoms with E-state index in [0.717, 1.165) is 9.26 Å². The van der Waals surface area contributed by atoms with E-state index in [4.69, 9.17) is 4.74 Å². The maximum Gasteiger partial charge on any atom is 0.428 e. The number of amides is 1. The molecule has 94 valence electrons. The molecule has 1 rings (SSSR count). The van der Waals surface area contributed by atoms with E-state index in [0.29, 0.717) is 0 Å². The monoisotopic (exact) mass is 350 g/mol. The van der Waals surface area contributed by atoms with Gasteiger partial charge in [0.05, 0.1) is 6.21 Å². The molecule has 0 spiro atoms. The molecule has 7 heteroatoms. The third-order valence-electron chi connectivity index (χ3n) is 1.57. The van der Waals surface area contributed by atoms with Crippen LogP contribution in [0.5, 0.6) is 0 Å². The zero-order valence-electron chi connectivity index (χ0n) is 10.2. The summed E-state index contributed by atoms with van der Waals surface area (Å²) in [5, 5.41) is 7.93. The summed E-state index contributed by atoms with van der Waals surface area (Å²) in [6.07, 6.45) is 2.76. The van der Waals surface area contributed by atoms with Crippen molar-refractivity contribution in [1.82, 2.24) is 15.2 Å². The lowest BCUT2D eigenvalue weighted by atomic mass is 10.2. The molecule has 0 aliphatic rings. The highest BCUT2D eigenvalue weighted by Crippen LogP contribution is 2.07.